The van der Waals surface area contributed by atoms with E-state index in [-0.39, 0.29) is 5.91 Å². The number of carbonyl (C=O) groups is 1. The van der Waals surface area contributed by atoms with Crippen molar-refractivity contribution in [2.24, 2.45) is 0 Å². The molecule has 1 aliphatic rings. The van der Waals surface area contributed by atoms with E-state index in [0.29, 0.717) is 0 Å². The number of rotatable bonds is 2. The van der Waals surface area contributed by atoms with Crippen molar-refractivity contribution in [2.75, 3.05) is 31.2 Å². The van der Waals surface area contributed by atoms with Crippen LogP contribution in [0.1, 0.15) is 18.1 Å². The Bertz CT molecular complexity index is 439. The summed E-state index contributed by atoms with van der Waals surface area (Å²) in [4.78, 5) is 12.0. The summed E-state index contributed by atoms with van der Waals surface area (Å²) >= 11 is 0. The van der Waals surface area contributed by atoms with Crippen LogP contribution >= 0.6 is 0 Å². The van der Waals surface area contributed by atoms with Crippen LogP contribution in [0.3, 0.4) is 0 Å². The summed E-state index contributed by atoms with van der Waals surface area (Å²) in [6.45, 7) is 9.32. The first-order chi connectivity index (χ1) is 8.59. The van der Waals surface area contributed by atoms with Gasteiger partial charge in [-0.05, 0) is 31.0 Å². The van der Waals surface area contributed by atoms with Crippen molar-refractivity contribution in [2.45, 2.75) is 20.8 Å². The fraction of sp³-hybridized carbons (Fsp3) is 0.500. The largest absolute Gasteiger partial charge is 0.314 e. The number of anilines is 1. The molecule has 0 radical (unpaired) electrons. The van der Waals surface area contributed by atoms with E-state index < -0.39 is 0 Å². The van der Waals surface area contributed by atoms with Crippen LogP contribution in [-0.2, 0) is 4.79 Å². The van der Waals surface area contributed by atoms with Gasteiger partial charge in [-0.1, -0.05) is 12.1 Å². The zero-order valence-corrected chi connectivity index (χ0v) is 11.4. The molecular formula is C14H21N3O. The molecule has 0 saturated carbocycles. The van der Waals surface area contributed by atoms with Crippen LogP contribution in [0, 0.1) is 13.8 Å². The van der Waals surface area contributed by atoms with Crippen LogP contribution in [0.25, 0.3) is 0 Å². The van der Waals surface area contributed by atoms with Gasteiger partial charge < -0.3 is 5.32 Å². The molecule has 1 heterocycles. The maximum absolute atomic E-state index is 12.0. The molecule has 0 spiro atoms. The normalized spacial score (nSPS) is 16.6. The molecule has 4 nitrogen and oxygen atoms in total. The van der Waals surface area contributed by atoms with Crippen LogP contribution in [0.5, 0.6) is 0 Å². The molecule has 1 aromatic rings. The van der Waals surface area contributed by atoms with E-state index >= 15 is 0 Å². The van der Waals surface area contributed by atoms with Gasteiger partial charge in [-0.15, -0.1) is 0 Å². The number of aryl methyl sites for hydroxylation is 2. The summed E-state index contributed by atoms with van der Waals surface area (Å²) in [7, 11) is 0. The van der Waals surface area contributed by atoms with Gasteiger partial charge in [0.2, 0.25) is 5.91 Å². The minimum atomic E-state index is 0.0746. The van der Waals surface area contributed by atoms with Crippen molar-refractivity contribution >= 4 is 11.6 Å². The molecule has 0 aromatic heterocycles. The minimum Gasteiger partial charge on any atom is -0.314 e. The lowest BCUT2D eigenvalue weighted by atomic mass is 10.1. The summed E-state index contributed by atoms with van der Waals surface area (Å²) in [5.74, 6) is 0.0746. The predicted octanol–water partition coefficient (Wildman–Crippen LogP) is 1.48. The molecule has 1 aromatic carbocycles. The van der Waals surface area contributed by atoms with Gasteiger partial charge in [0.25, 0.3) is 0 Å². The van der Waals surface area contributed by atoms with E-state index in [1.54, 1.807) is 6.92 Å². The highest BCUT2D eigenvalue weighted by molar-refractivity contribution is 5.91. The first-order valence-corrected chi connectivity index (χ1v) is 6.43. The fourth-order valence-corrected chi connectivity index (χ4v) is 2.32. The van der Waals surface area contributed by atoms with Gasteiger partial charge in [0.1, 0.15) is 0 Å². The number of amides is 1. The summed E-state index contributed by atoms with van der Waals surface area (Å²) < 4.78 is 0. The Labute approximate surface area is 109 Å². The molecule has 18 heavy (non-hydrogen) atoms. The molecule has 0 atom stereocenters. The van der Waals surface area contributed by atoms with E-state index in [4.69, 9.17) is 0 Å². The molecule has 1 aliphatic heterocycles. The zero-order valence-electron chi connectivity index (χ0n) is 11.4. The number of hydrogen-bond acceptors (Lipinski definition) is 3. The molecule has 1 fully saturated rings. The molecule has 1 amide bonds. The highest BCUT2D eigenvalue weighted by atomic mass is 16.2. The van der Waals surface area contributed by atoms with Crippen molar-refractivity contribution in [3.8, 4) is 0 Å². The Hall–Kier alpha value is -1.39. The monoisotopic (exact) mass is 247 g/mol. The fourth-order valence-electron chi connectivity index (χ4n) is 2.32. The summed E-state index contributed by atoms with van der Waals surface area (Å²) in [6.07, 6.45) is 0. The summed E-state index contributed by atoms with van der Waals surface area (Å²) in [5, 5.41) is 7.25. The maximum atomic E-state index is 12.0. The van der Waals surface area contributed by atoms with Crippen molar-refractivity contribution in [3.63, 3.8) is 0 Å². The first-order valence-electron chi connectivity index (χ1n) is 6.43. The second-order valence-corrected chi connectivity index (χ2v) is 4.82. The third-order valence-corrected chi connectivity index (χ3v) is 3.27. The number of carbonyl (C=O) groups excluding carboxylic acids is 1. The second-order valence-electron chi connectivity index (χ2n) is 4.82. The van der Waals surface area contributed by atoms with Crippen molar-refractivity contribution in [3.05, 3.63) is 29.3 Å². The maximum Gasteiger partial charge on any atom is 0.238 e. The van der Waals surface area contributed by atoms with Crippen molar-refractivity contribution < 1.29 is 4.79 Å². The Kier molecular flexibility index (Phi) is 3.99. The lowest BCUT2D eigenvalue weighted by molar-refractivity contribution is -0.119. The summed E-state index contributed by atoms with van der Waals surface area (Å²) in [5.41, 5.74) is 3.32. The minimum absolute atomic E-state index is 0.0746. The average molecular weight is 247 g/mol. The number of piperazine rings is 1. The Morgan fingerprint density at radius 3 is 2.56 bits per heavy atom. The molecule has 2 rings (SSSR count). The van der Waals surface area contributed by atoms with Crippen molar-refractivity contribution in [1.82, 2.24) is 10.3 Å². The topological polar surface area (TPSA) is 35.6 Å². The number of hydrogen-bond donors (Lipinski definition) is 1. The number of benzene rings is 1. The van der Waals surface area contributed by atoms with Gasteiger partial charge in [0, 0.05) is 33.1 Å². The highest BCUT2D eigenvalue weighted by Crippen LogP contribution is 2.23. The molecule has 1 saturated heterocycles. The zero-order chi connectivity index (χ0) is 13.1. The SMILES string of the molecule is CC(=O)N(c1cc(C)ccc1C)N1CCNCC1. The van der Waals surface area contributed by atoms with E-state index in [9.17, 15) is 4.79 Å². The number of hydrazine groups is 1. The second kappa shape index (κ2) is 5.50. The lowest BCUT2D eigenvalue weighted by Crippen LogP contribution is -2.54. The van der Waals surface area contributed by atoms with E-state index in [1.165, 1.54) is 5.56 Å². The first kappa shape index (κ1) is 13.1. The number of nitrogens with zero attached hydrogens (tertiary/aromatic N) is 2. The molecule has 0 bridgehead atoms. The van der Waals surface area contributed by atoms with Crippen molar-refractivity contribution in [1.29, 1.82) is 0 Å². The third kappa shape index (κ3) is 2.71. The Morgan fingerprint density at radius 1 is 1.28 bits per heavy atom. The van der Waals surface area contributed by atoms with Gasteiger partial charge in [-0.3, -0.25) is 4.79 Å². The van der Waals surface area contributed by atoms with E-state index in [0.717, 1.165) is 37.4 Å². The van der Waals surface area contributed by atoms with E-state index in [1.807, 2.05) is 11.9 Å². The van der Waals surface area contributed by atoms with Gasteiger partial charge in [-0.25, -0.2) is 10.0 Å². The molecule has 98 valence electrons. The van der Waals surface area contributed by atoms with Crippen LogP contribution in [0.4, 0.5) is 5.69 Å². The Balaban J connectivity index is 2.34. The highest BCUT2D eigenvalue weighted by Gasteiger charge is 2.23. The summed E-state index contributed by atoms with van der Waals surface area (Å²) in [6, 6.07) is 6.23. The Morgan fingerprint density at radius 2 is 1.94 bits per heavy atom. The smallest absolute Gasteiger partial charge is 0.238 e. The quantitative estimate of drug-likeness (QED) is 0.860. The van der Waals surface area contributed by atoms with Crippen LogP contribution < -0.4 is 10.3 Å². The van der Waals surface area contributed by atoms with Gasteiger partial charge in [0.15, 0.2) is 0 Å². The lowest BCUT2D eigenvalue weighted by Gasteiger charge is -2.37. The van der Waals surface area contributed by atoms with Crippen LogP contribution in [0.15, 0.2) is 18.2 Å². The number of nitrogens with one attached hydrogen (secondary N) is 1. The molecule has 1 N–H and O–H groups in total. The molecule has 0 aliphatic carbocycles. The average Bonchev–Trinajstić information content (AvgIpc) is 2.35. The van der Waals surface area contributed by atoms with Crippen LogP contribution in [-0.4, -0.2) is 37.1 Å². The van der Waals surface area contributed by atoms with Gasteiger partial charge in [0.05, 0.1) is 5.69 Å². The molecule has 4 heteroatoms. The van der Waals surface area contributed by atoms with Gasteiger partial charge >= 0.3 is 0 Å². The predicted molar refractivity (Wildman–Crippen MR) is 73.5 cm³/mol. The van der Waals surface area contributed by atoms with Crippen LogP contribution in [0.2, 0.25) is 0 Å². The standard InChI is InChI=1S/C14H21N3O/c1-11-4-5-12(2)14(10-11)17(13(3)18)16-8-6-15-7-9-16/h4-5,10,15H,6-9H2,1-3H3. The van der Waals surface area contributed by atoms with E-state index in [2.05, 4.69) is 35.4 Å². The molecule has 0 unspecified atom stereocenters. The van der Waals surface area contributed by atoms with Gasteiger partial charge in [-0.2, -0.15) is 0 Å². The molecular weight excluding hydrogens is 226 g/mol. The third-order valence-electron chi connectivity index (χ3n) is 3.27.